The minimum Gasteiger partial charge on any atom is -0.273 e. The smallest absolute Gasteiger partial charge is 0.244 e. The van der Waals surface area contributed by atoms with Crippen LogP contribution in [0.1, 0.15) is 18.5 Å². The van der Waals surface area contributed by atoms with Gasteiger partial charge in [-0.3, -0.25) is 20.4 Å². The average Bonchev–Trinajstić information content (AvgIpc) is 2.96. The van der Waals surface area contributed by atoms with Gasteiger partial charge in [0.15, 0.2) is 0 Å². The van der Waals surface area contributed by atoms with Crippen molar-refractivity contribution in [1.29, 1.82) is 0 Å². The van der Waals surface area contributed by atoms with Crippen LogP contribution in [0, 0.1) is 5.92 Å². The van der Waals surface area contributed by atoms with Gasteiger partial charge in [0.1, 0.15) is 5.01 Å². The molecule has 2 aromatic heterocycles. The molecule has 7 heteroatoms. The Kier molecular flexibility index (Phi) is 3.79. The Morgan fingerprint density at radius 3 is 2.85 bits per heavy atom. The first-order chi connectivity index (χ1) is 9.72. The molecular weight excluding hydrogens is 294 g/mol. The zero-order chi connectivity index (χ0) is 13.9. The lowest BCUT2D eigenvalue weighted by Gasteiger charge is -2.05. The van der Waals surface area contributed by atoms with Crippen LogP contribution in [0.25, 0.3) is 9.88 Å². The molecule has 1 saturated carbocycles. The number of carbonyl (C=O) groups is 2. The third-order valence-electron chi connectivity index (χ3n) is 2.90. The molecule has 3 rings (SSSR count). The highest BCUT2D eigenvalue weighted by Gasteiger charge is 2.29. The second-order valence-corrected chi connectivity index (χ2v) is 6.42. The van der Waals surface area contributed by atoms with E-state index < -0.39 is 0 Å². The first-order valence-electron chi connectivity index (χ1n) is 6.29. The van der Waals surface area contributed by atoms with E-state index in [-0.39, 0.29) is 24.2 Å². The third kappa shape index (κ3) is 3.23. The van der Waals surface area contributed by atoms with Crippen molar-refractivity contribution < 1.29 is 9.59 Å². The Bertz CT molecular complexity index is 617. The number of carbonyl (C=O) groups excluding carboxylic acids is 2. The van der Waals surface area contributed by atoms with Crippen LogP contribution < -0.4 is 10.9 Å². The Hall–Kier alpha value is -1.73. The van der Waals surface area contributed by atoms with Crippen molar-refractivity contribution in [3.05, 3.63) is 28.6 Å². The van der Waals surface area contributed by atoms with E-state index in [2.05, 4.69) is 15.8 Å². The fraction of sp³-hybridized carbons (Fsp3) is 0.308. The van der Waals surface area contributed by atoms with Gasteiger partial charge >= 0.3 is 0 Å². The summed E-state index contributed by atoms with van der Waals surface area (Å²) < 4.78 is 0. The van der Waals surface area contributed by atoms with Crippen molar-refractivity contribution in [2.75, 3.05) is 0 Å². The van der Waals surface area contributed by atoms with E-state index in [1.165, 1.54) is 11.3 Å². The molecule has 2 heterocycles. The number of nitrogens with zero attached hydrogens (tertiary/aromatic N) is 1. The molecule has 2 amide bonds. The molecule has 2 N–H and O–H groups in total. The minimum absolute atomic E-state index is 0.0833. The first-order valence-corrected chi connectivity index (χ1v) is 8.05. The maximum Gasteiger partial charge on any atom is 0.244 e. The monoisotopic (exact) mass is 307 g/mol. The van der Waals surface area contributed by atoms with Gasteiger partial charge in [0.05, 0.1) is 17.0 Å². The molecule has 0 radical (unpaired) electrons. The highest BCUT2D eigenvalue weighted by molar-refractivity contribution is 7.20. The van der Waals surface area contributed by atoms with Gasteiger partial charge in [-0.1, -0.05) is 6.07 Å². The molecule has 0 unspecified atom stereocenters. The summed E-state index contributed by atoms with van der Waals surface area (Å²) in [5.74, 6) is -0.266. The van der Waals surface area contributed by atoms with Gasteiger partial charge in [0.25, 0.3) is 0 Å². The third-order valence-corrected chi connectivity index (χ3v) is 4.83. The quantitative estimate of drug-likeness (QED) is 0.848. The van der Waals surface area contributed by atoms with Gasteiger partial charge in [-0.05, 0) is 24.3 Å². The van der Waals surface area contributed by atoms with Crippen molar-refractivity contribution in [3.8, 4) is 9.88 Å². The molecule has 20 heavy (non-hydrogen) atoms. The van der Waals surface area contributed by atoms with Crippen LogP contribution in [0.2, 0.25) is 0 Å². The number of hydrazine groups is 1. The van der Waals surface area contributed by atoms with Crippen LogP contribution >= 0.6 is 22.7 Å². The van der Waals surface area contributed by atoms with Gasteiger partial charge in [0, 0.05) is 11.3 Å². The van der Waals surface area contributed by atoms with Crippen LogP contribution in [-0.2, 0) is 16.0 Å². The summed E-state index contributed by atoms with van der Waals surface area (Å²) in [7, 11) is 0. The van der Waals surface area contributed by atoms with Crippen LogP contribution in [0.5, 0.6) is 0 Å². The zero-order valence-corrected chi connectivity index (χ0v) is 12.2. The number of thiazole rings is 1. The highest BCUT2D eigenvalue weighted by Crippen LogP contribution is 2.29. The molecule has 1 aliphatic carbocycles. The standard InChI is InChI=1S/C13H13N3O2S2/c17-11(15-16-12(18)8-3-4-8)6-9-7-20-13(14-9)10-2-1-5-19-10/h1-2,5,7-8H,3-4,6H2,(H,15,17)(H,16,18). The second-order valence-electron chi connectivity index (χ2n) is 4.61. The van der Waals surface area contributed by atoms with Crippen LogP contribution in [0.3, 0.4) is 0 Å². The maximum atomic E-state index is 11.7. The van der Waals surface area contributed by atoms with Crippen LogP contribution in [0.15, 0.2) is 22.9 Å². The topological polar surface area (TPSA) is 71.1 Å². The van der Waals surface area contributed by atoms with E-state index in [9.17, 15) is 9.59 Å². The average molecular weight is 307 g/mol. The number of thiophene rings is 1. The molecule has 1 fully saturated rings. The molecule has 0 atom stereocenters. The fourth-order valence-electron chi connectivity index (χ4n) is 1.69. The molecule has 1 aliphatic rings. The second kappa shape index (κ2) is 5.72. The van der Waals surface area contributed by atoms with Gasteiger partial charge in [-0.25, -0.2) is 4.98 Å². The number of aromatic nitrogens is 1. The highest BCUT2D eigenvalue weighted by atomic mass is 32.1. The molecule has 0 saturated heterocycles. The lowest BCUT2D eigenvalue weighted by molar-refractivity contribution is -0.129. The van der Waals surface area contributed by atoms with Gasteiger partial charge in [-0.2, -0.15) is 0 Å². The number of rotatable bonds is 4. The molecule has 2 aromatic rings. The van der Waals surface area contributed by atoms with E-state index in [1.54, 1.807) is 11.3 Å². The predicted octanol–water partition coefficient (Wildman–Crippen LogP) is 1.97. The molecule has 5 nitrogen and oxygen atoms in total. The maximum absolute atomic E-state index is 11.7. The van der Waals surface area contributed by atoms with E-state index in [0.29, 0.717) is 0 Å². The Balaban J connectivity index is 1.52. The van der Waals surface area contributed by atoms with Gasteiger partial charge < -0.3 is 0 Å². The van der Waals surface area contributed by atoms with Crippen molar-refractivity contribution >= 4 is 34.5 Å². The molecule has 0 aromatic carbocycles. The predicted molar refractivity (Wildman–Crippen MR) is 78.1 cm³/mol. The van der Waals surface area contributed by atoms with Crippen LogP contribution in [-0.4, -0.2) is 16.8 Å². The Morgan fingerprint density at radius 2 is 2.15 bits per heavy atom. The van der Waals surface area contributed by atoms with E-state index in [1.807, 2.05) is 22.9 Å². The van der Waals surface area contributed by atoms with E-state index in [4.69, 9.17) is 0 Å². The summed E-state index contributed by atoms with van der Waals surface area (Å²) in [5, 5.41) is 4.79. The lowest BCUT2D eigenvalue weighted by Crippen LogP contribution is -2.43. The molecule has 0 bridgehead atoms. The summed E-state index contributed by atoms with van der Waals surface area (Å²) in [6.07, 6.45) is 2.00. The number of nitrogens with one attached hydrogen (secondary N) is 2. The zero-order valence-electron chi connectivity index (χ0n) is 10.6. The minimum atomic E-state index is -0.248. The van der Waals surface area contributed by atoms with E-state index in [0.717, 1.165) is 28.4 Å². The van der Waals surface area contributed by atoms with Crippen molar-refractivity contribution in [2.45, 2.75) is 19.3 Å². The van der Waals surface area contributed by atoms with E-state index >= 15 is 0 Å². The summed E-state index contributed by atoms with van der Waals surface area (Å²) >= 11 is 3.14. The summed E-state index contributed by atoms with van der Waals surface area (Å²) in [6, 6.07) is 3.98. The summed E-state index contributed by atoms with van der Waals surface area (Å²) in [6.45, 7) is 0. The van der Waals surface area contributed by atoms with Crippen molar-refractivity contribution in [2.24, 2.45) is 5.92 Å². The lowest BCUT2D eigenvalue weighted by atomic mass is 10.3. The normalized spacial score (nSPS) is 14.0. The van der Waals surface area contributed by atoms with Crippen molar-refractivity contribution in [1.82, 2.24) is 15.8 Å². The summed E-state index contributed by atoms with van der Waals surface area (Å²) in [4.78, 5) is 28.6. The van der Waals surface area contributed by atoms with Gasteiger partial charge in [0.2, 0.25) is 11.8 Å². The van der Waals surface area contributed by atoms with Gasteiger partial charge in [-0.15, -0.1) is 22.7 Å². The number of hydrogen-bond acceptors (Lipinski definition) is 5. The van der Waals surface area contributed by atoms with Crippen molar-refractivity contribution in [3.63, 3.8) is 0 Å². The molecule has 104 valence electrons. The van der Waals surface area contributed by atoms with Crippen LogP contribution in [0.4, 0.5) is 0 Å². The Morgan fingerprint density at radius 1 is 1.30 bits per heavy atom. The largest absolute Gasteiger partial charge is 0.273 e. The molecular formula is C13H13N3O2S2. The molecule has 0 aliphatic heterocycles. The molecule has 0 spiro atoms. The number of amides is 2. The first kappa shape index (κ1) is 13.3. The number of hydrogen-bond donors (Lipinski definition) is 2. The Labute approximate surface area is 124 Å². The SMILES string of the molecule is O=C(Cc1csc(-c2cccs2)n1)NNC(=O)C1CC1. The fourth-order valence-corrected chi connectivity index (χ4v) is 3.32. The summed E-state index contributed by atoms with van der Waals surface area (Å²) in [5.41, 5.74) is 5.58.